The average molecular weight is 511 g/mol. The number of aromatic hydroxyl groups is 1. The molecule has 35 heavy (non-hydrogen) atoms. The molecule has 0 aliphatic carbocycles. The van der Waals surface area contributed by atoms with E-state index in [1.165, 1.54) is 16.9 Å². The molecular weight excluding hydrogens is 479 g/mol. The van der Waals surface area contributed by atoms with Gasteiger partial charge in [0.15, 0.2) is 0 Å². The van der Waals surface area contributed by atoms with Gasteiger partial charge in [-0.25, -0.2) is 0 Å². The van der Waals surface area contributed by atoms with Crippen LogP contribution in [-0.4, -0.2) is 67.3 Å². The molecule has 0 radical (unpaired) electrons. The van der Waals surface area contributed by atoms with Crippen molar-refractivity contribution < 1.29 is 5.11 Å². The second kappa shape index (κ2) is 11.1. The zero-order valence-electron chi connectivity index (χ0n) is 19.9. The first kappa shape index (κ1) is 24.3. The third-order valence-electron chi connectivity index (χ3n) is 7.07. The van der Waals surface area contributed by atoms with Crippen LogP contribution in [0.25, 0.3) is 0 Å². The molecule has 5 nitrogen and oxygen atoms in total. The Morgan fingerprint density at radius 3 is 1.51 bits per heavy atom. The van der Waals surface area contributed by atoms with Gasteiger partial charge < -0.3 is 14.9 Å². The molecule has 3 aromatic rings. The summed E-state index contributed by atoms with van der Waals surface area (Å²) in [6.45, 7) is 9.62. The molecule has 2 heterocycles. The Morgan fingerprint density at radius 2 is 1.03 bits per heavy atom. The molecule has 1 N–H and O–H groups in total. The monoisotopic (exact) mass is 510 g/mol. The maximum Gasteiger partial charge on any atom is 0.120 e. The Hall–Kier alpha value is -2.44. The summed E-state index contributed by atoms with van der Waals surface area (Å²) in [5, 5.41) is 12.1. The minimum atomic E-state index is 0.390. The minimum absolute atomic E-state index is 0.390. The van der Waals surface area contributed by atoms with Crippen LogP contribution in [0, 0.1) is 0 Å². The Bertz CT molecular complexity index is 1110. The molecule has 0 spiro atoms. The number of hydrogen-bond acceptors (Lipinski definition) is 5. The second-order valence-electron chi connectivity index (χ2n) is 9.44. The summed E-state index contributed by atoms with van der Waals surface area (Å²) >= 11 is 12.1. The molecule has 2 aliphatic rings. The van der Waals surface area contributed by atoms with Gasteiger partial charge in [0, 0.05) is 92.4 Å². The van der Waals surface area contributed by atoms with Crippen LogP contribution in [0.3, 0.4) is 0 Å². The van der Waals surface area contributed by atoms with Crippen LogP contribution in [0.2, 0.25) is 10.0 Å². The number of hydrogen-bond donors (Lipinski definition) is 1. The van der Waals surface area contributed by atoms with Gasteiger partial charge in [-0.05, 0) is 66.2 Å². The summed E-state index contributed by atoms with van der Waals surface area (Å²) in [6, 6.07) is 22.3. The first-order chi connectivity index (χ1) is 17.0. The van der Waals surface area contributed by atoms with Crippen molar-refractivity contribution >= 4 is 34.6 Å². The van der Waals surface area contributed by atoms with E-state index in [9.17, 15) is 5.11 Å². The van der Waals surface area contributed by atoms with Crippen molar-refractivity contribution in [2.45, 2.75) is 13.1 Å². The third-order valence-corrected chi connectivity index (χ3v) is 7.58. The predicted molar refractivity (Wildman–Crippen MR) is 146 cm³/mol. The summed E-state index contributed by atoms with van der Waals surface area (Å²) in [4.78, 5) is 9.73. The number of anilines is 2. The number of phenols is 1. The van der Waals surface area contributed by atoms with Crippen molar-refractivity contribution in [3.63, 3.8) is 0 Å². The molecule has 0 atom stereocenters. The van der Waals surface area contributed by atoms with Gasteiger partial charge in [-0.1, -0.05) is 29.3 Å². The first-order valence-electron chi connectivity index (χ1n) is 12.3. The standard InChI is InChI=1S/C28H32Cl2N4O/c29-24-2-6-26(7-3-24)33-15-11-31(12-16-33)20-22-1-10-28(35)23(19-22)21-32-13-17-34(18-14-32)27-8-4-25(30)5-9-27/h1-10,19,35H,11-18,20-21H2. The maximum atomic E-state index is 10.5. The molecule has 3 aromatic carbocycles. The van der Waals surface area contributed by atoms with Crippen molar-refractivity contribution in [1.82, 2.24) is 9.80 Å². The Morgan fingerprint density at radius 1 is 0.571 bits per heavy atom. The highest BCUT2D eigenvalue weighted by Crippen LogP contribution is 2.25. The van der Waals surface area contributed by atoms with Crippen LogP contribution in [-0.2, 0) is 13.1 Å². The zero-order chi connectivity index (χ0) is 24.2. The summed E-state index contributed by atoms with van der Waals surface area (Å²) in [6.07, 6.45) is 0. The van der Waals surface area contributed by atoms with Crippen molar-refractivity contribution in [3.05, 3.63) is 87.9 Å². The molecule has 7 heteroatoms. The molecule has 0 amide bonds. The predicted octanol–water partition coefficient (Wildman–Crippen LogP) is 5.34. The molecule has 0 saturated carbocycles. The molecule has 0 aromatic heterocycles. The van der Waals surface area contributed by atoms with Gasteiger partial charge in [0.25, 0.3) is 0 Å². The normalized spacial score (nSPS) is 17.7. The molecule has 2 saturated heterocycles. The first-order valence-corrected chi connectivity index (χ1v) is 13.1. The highest BCUT2D eigenvalue weighted by molar-refractivity contribution is 6.30. The molecule has 2 fully saturated rings. The number of nitrogens with zero attached hydrogens (tertiary/aromatic N) is 4. The Labute approximate surface area is 218 Å². The molecule has 2 aliphatic heterocycles. The van der Waals surface area contributed by atoms with Gasteiger partial charge in [-0.2, -0.15) is 0 Å². The minimum Gasteiger partial charge on any atom is -0.508 e. The van der Waals surface area contributed by atoms with Crippen LogP contribution in [0.1, 0.15) is 11.1 Å². The SMILES string of the molecule is Oc1ccc(CN2CCN(c3ccc(Cl)cc3)CC2)cc1CN1CCN(c2ccc(Cl)cc2)CC1. The van der Waals surface area contributed by atoms with Crippen molar-refractivity contribution in [2.75, 3.05) is 62.2 Å². The fraction of sp³-hybridized carbons (Fsp3) is 0.357. The van der Waals surface area contributed by atoms with Crippen molar-refractivity contribution in [3.8, 4) is 5.75 Å². The second-order valence-corrected chi connectivity index (χ2v) is 10.3. The topological polar surface area (TPSA) is 33.2 Å². The number of phenolic OH excluding ortho intramolecular Hbond substituents is 1. The Kier molecular flexibility index (Phi) is 7.69. The van der Waals surface area contributed by atoms with E-state index >= 15 is 0 Å². The quantitative estimate of drug-likeness (QED) is 0.483. The summed E-state index contributed by atoms with van der Waals surface area (Å²) < 4.78 is 0. The number of halogens is 2. The van der Waals surface area contributed by atoms with Crippen LogP contribution < -0.4 is 9.80 Å². The molecule has 0 unspecified atom stereocenters. The molecular formula is C28H32Cl2N4O. The lowest BCUT2D eigenvalue weighted by molar-refractivity contribution is 0.243. The largest absolute Gasteiger partial charge is 0.508 e. The van der Waals surface area contributed by atoms with Gasteiger partial charge in [-0.3, -0.25) is 9.80 Å². The highest BCUT2D eigenvalue weighted by Gasteiger charge is 2.20. The van der Waals surface area contributed by atoms with E-state index in [1.54, 1.807) is 0 Å². The maximum absolute atomic E-state index is 10.5. The molecule has 184 valence electrons. The Balaban J connectivity index is 1.13. The van der Waals surface area contributed by atoms with Gasteiger partial charge in [0.1, 0.15) is 5.75 Å². The molecule has 0 bridgehead atoms. The van der Waals surface area contributed by atoms with Crippen molar-refractivity contribution in [1.29, 1.82) is 0 Å². The summed E-state index contributed by atoms with van der Waals surface area (Å²) in [7, 11) is 0. The number of piperazine rings is 2. The van der Waals surface area contributed by atoms with Gasteiger partial charge >= 0.3 is 0 Å². The van der Waals surface area contributed by atoms with E-state index < -0.39 is 0 Å². The van der Waals surface area contributed by atoms with Gasteiger partial charge in [0.2, 0.25) is 0 Å². The summed E-state index contributed by atoms with van der Waals surface area (Å²) in [5.74, 6) is 0.390. The van der Waals surface area contributed by atoms with Crippen LogP contribution in [0.5, 0.6) is 5.75 Å². The lowest BCUT2D eigenvalue weighted by atomic mass is 10.1. The zero-order valence-corrected chi connectivity index (χ0v) is 21.4. The van der Waals surface area contributed by atoms with Crippen LogP contribution in [0.15, 0.2) is 66.7 Å². The van der Waals surface area contributed by atoms with Gasteiger partial charge in [0.05, 0.1) is 0 Å². The number of rotatable bonds is 6. The van der Waals surface area contributed by atoms with E-state index in [0.29, 0.717) is 5.75 Å². The van der Waals surface area contributed by atoms with Crippen LogP contribution in [0.4, 0.5) is 11.4 Å². The molecule has 5 rings (SSSR count). The highest BCUT2D eigenvalue weighted by atomic mass is 35.5. The van der Waals surface area contributed by atoms with E-state index in [-0.39, 0.29) is 0 Å². The van der Waals surface area contributed by atoms with E-state index in [0.717, 1.165) is 81.1 Å². The van der Waals surface area contributed by atoms with Gasteiger partial charge in [-0.15, -0.1) is 0 Å². The smallest absolute Gasteiger partial charge is 0.120 e. The third kappa shape index (κ3) is 6.22. The lowest BCUT2D eigenvalue weighted by Gasteiger charge is -2.37. The van der Waals surface area contributed by atoms with E-state index in [2.05, 4.69) is 56.0 Å². The van der Waals surface area contributed by atoms with E-state index in [4.69, 9.17) is 23.2 Å². The fourth-order valence-corrected chi connectivity index (χ4v) is 5.25. The van der Waals surface area contributed by atoms with E-state index in [1.807, 2.05) is 30.3 Å². The lowest BCUT2D eigenvalue weighted by Crippen LogP contribution is -2.46. The number of benzene rings is 3. The van der Waals surface area contributed by atoms with Crippen LogP contribution >= 0.6 is 23.2 Å². The fourth-order valence-electron chi connectivity index (χ4n) is 5.00. The summed E-state index contributed by atoms with van der Waals surface area (Å²) in [5.41, 5.74) is 4.73. The average Bonchev–Trinajstić information content (AvgIpc) is 2.88. The van der Waals surface area contributed by atoms with Crippen molar-refractivity contribution in [2.24, 2.45) is 0 Å².